The van der Waals surface area contributed by atoms with Gasteiger partial charge in [0.05, 0.1) is 48.5 Å². The standard InChI is InChI=1S/C64H48N4O4/c1-5-13-49(14-6-1)63(51-27-21-45(22-28-51)47-25-31-59-55(41-47)57-43-65-35-33-61(57)67(59)53-17-9-3-10-18-53)69-37-39-71-64(72-40-38-70-63,50-15-7-2-8-16-50)52-29-23-46(24-30-52)48-26-32-60-56(42-48)58-44-66-36-34-62(58)68(60)54-19-11-4-12-20-54/h1-36,41-44H,37-40H2. The summed E-state index contributed by atoms with van der Waals surface area (Å²) in [5.41, 5.74) is 14.6. The van der Waals surface area contributed by atoms with E-state index in [-0.39, 0.29) is 26.4 Å². The van der Waals surface area contributed by atoms with Gasteiger partial charge in [-0.25, -0.2) is 0 Å². The molecule has 0 spiro atoms. The van der Waals surface area contributed by atoms with Gasteiger partial charge in [-0.3, -0.25) is 9.97 Å². The number of hydrogen-bond acceptors (Lipinski definition) is 6. The van der Waals surface area contributed by atoms with Crippen molar-refractivity contribution in [1.82, 2.24) is 19.1 Å². The van der Waals surface area contributed by atoms with Gasteiger partial charge in [-0.1, -0.05) is 158 Å². The van der Waals surface area contributed by atoms with Gasteiger partial charge in [0.1, 0.15) is 0 Å². The third kappa shape index (κ3) is 7.48. The van der Waals surface area contributed by atoms with Gasteiger partial charge in [-0.2, -0.15) is 0 Å². The summed E-state index contributed by atoms with van der Waals surface area (Å²) in [6, 6.07) is 75.8. The van der Waals surface area contributed by atoms with Gasteiger partial charge in [0.2, 0.25) is 11.6 Å². The van der Waals surface area contributed by atoms with Crippen LogP contribution in [0, 0.1) is 0 Å². The third-order valence-electron chi connectivity index (χ3n) is 14.1. The van der Waals surface area contributed by atoms with Crippen molar-refractivity contribution in [3.63, 3.8) is 0 Å². The molecule has 12 aromatic rings. The van der Waals surface area contributed by atoms with E-state index in [1.54, 1.807) is 0 Å². The van der Waals surface area contributed by atoms with Crippen LogP contribution in [-0.4, -0.2) is 45.5 Å². The molecule has 1 fully saturated rings. The van der Waals surface area contributed by atoms with E-state index >= 15 is 0 Å². The van der Waals surface area contributed by atoms with Gasteiger partial charge in [-0.05, 0) is 82.9 Å². The topological polar surface area (TPSA) is 72.6 Å². The lowest BCUT2D eigenvalue weighted by Gasteiger charge is -2.39. The maximum Gasteiger partial charge on any atom is 0.222 e. The Kier molecular flexibility index (Phi) is 11.1. The van der Waals surface area contributed by atoms with E-state index in [1.165, 1.54) is 0 Å². The van der Waals surface area contributed by atoms with Crippen LogP contribution < -0.4 is 0 Å². The van der Waals surface area contributed by atoms with E-state index in [4.69, 9.17) is 18.9 Å². The smallest absolute Gasteiger partial charge is 0.222 e. The number of para-hydroxylation sites is 2. The highest BCUT2D eigenvalue weighted by atomic mass is 16.7. The molecule has 4 aromatic heterocycles. The van der Waals surface area contributed by atoms with Crippen LogP contribution in [-0.2, 0) is 30.5 Å². The largest absolute Gasteiger partial charge is 0.340 e. The highest BCUT2D eigenvalue weighted by Crippen LogP contribution is 2.42. The Morgan fingerprint density at radius 2 is 0.625 bits per heavy atom. The van der Waals surface area contributed by atoms with E-state index in [1.807, 2.05) is 73.3 Å². The lowest BCUT2D eigenvalue weighted by Crippen LogP contribution is -2.42. The van der Waals surface area contributed by atoms with E-state index < -0.39 is 11.6 Å². The molecule has 1 aliphatic rings. The van der Waals surface area contributed by atoms with Gasteiger partial charge in [0.15, 0.2) is 0 Å². The van der Waals surface area contributed by atoms with Gasteiger partial charge in [0.25, 0.3) is 0 Å². The summed E-state index contributed by atoms with van der Waals surface area (Å²) in [6.45, 7) is 0.866. The minimum Gasteiger partial charge on any atom is -0.340 e. The number of benzene rings is 8. The first kappa shape index (κ1) is 43.5. The third-order valence-corrected chi connectivity index (χ3v) is 14.1. The second-order valence-electron chi connectivity index (χ2n) is 18.1. The molecule has 0 aliphatic carbocycles. The molecule has 0 saturated carbocycles. The highest BCUT2D eigenvalue weighted by molar-refractivity contribution is 6.11. The van der Waals surface area contributed by atoms with Crippen LogP contribution in [0.15, 0.2) is 243 Å². The van der Waals surface area contributed by atoms with Gasteiger partial charge < -0.3 is 28.1 Å². The summed E-state index contributed by atoms with van der Waals surface area (Å²) in [6.07, 6.45) is 7.64. The fourth-order valence-electron chi connectivity index (χ4n) is 10.7. The first-order chi connectivity index (χ1) is 35.7. The van der Waals surface area contributed by atoms with Crippen molar-refractivity contribution in [3.05, 3.63) is 265 Å². The van der Waals surface area contributed by atoms with Crippen molar-refractivity contribution in [2.75, 3.05) is 26.4 Å². The number of ether oxygens (including phenoxy) is 4. The molecule has 0 radical (unpaired) electrons. The quantitative estimate of drug-likeness (QED) is 0.151. The number of aromatic nitrogens is 4. The predicted molar refractivity (Wildman–Crippen MR) is 286 cm³/mol. The Bertz CT molecular complexity index is 3590. The molecule has 0 bridgehead atoms. The summed E-state index contributed by atoms with van der Waals surface area (Å²) in [5, 5.41) is 4.50. The predicted octanol–water partition coefficient (Wildman–Crippen LogP) is 14.2. The number of pyridine rings is 2. The molecule has 0 unspecified atom stereocenters. The molecule has 348 valence electrons. The van der Waals surface area contributed by atoms with E-state index in [0.717, 1.165) is 99.5 Å². The molecule has 13 rings (SSSR count). The van der Waals surface area contributed by atoms with Crippen molar-refractivity contribution in [3.8, 4) is 33.6 Å². The molecule has 0 atom stereocenters. The Morgan fingerprint density at radius 1 is 0.306 bits per heavy atom. The highest BCUT2D eigenvalue weighted by Gasteiger charge is 2.41. The van der Waals surface area contributed by atoms with Crippen LogP contribution in [0.4, 0.5) is 0 Å². The Labute approximate surface area is 416 Å². The number of rotatable bonds is 8. The molecule has 72 heavy (non-hydrogen) atoms. The molecule has 0 amide bonds. The van der Waals surface area contributed by atoms with Crippen molar-refractivity contribution < 1.29 is 18.9 Å². The Hall–Kier alpha value is -8.50. The number of fused-ring (bicyclic) bond motifs is 6. The maximum atomic E-state index is 6.99. The van der Waals surface area contributed by atoms with Crippen molar-refractivity contribution in [2.45, 2.75) is 11.6 Å². The van der Waals surface area contributed by atoms with Crippen molar-refractivity contribution in [2.24, 2.45) is 0 Å². The Morgan fingerprint density at radius 3 is 1.00 bits per heavy atom. The molecule has 1 aliphatic heterocycles. The van der Waals surface area contributed by atoms with Crippen LogP contribution in [0.5, 0.6) is 0 Å². The van der Waals surface area contributed by atoms with Gasteiger partial charge >= 0.3 is 0 Å². The van der Waals surface area contributed by atoms with Crippen molar-refractivity contribution in [1.29, 1.82) is 0 Å². The minimum atomic E-state index is -1.23. The van der Waals surface area contributed by atoms with E-state index in [9.17, 15) is 0 Å². The van der Waals surface area contributed by atoms with Crippen LogP contribution in [0.25, 0.3) is 77.2 Å². The van der Waals surface area contributed by atoms with Gasteiger partial charge in [0, 0.05) is 80.0 Å². The second-order valence-corrected chi connectivity index (χ2v) is 18.1. The summed E-state index contributed by atoms with van der Waals surface area (Å²) in [4.78, 5) is 9.02. The summed E-state index contributed by atoms with van der Waals surface area (Å²) >= 11 is 0. The summed E-state index contributed by atoms with van der Waals surface area (Å²) < 4.78 is 32.6. The zero-order valence-electron chi connectivity index (χ0n) is 39.3. The zero-order chi connectivity index (χ0) is 47.9. The fourth-order valence-corrected chi connectivity index (χ4v) is 10.7. The average Bonchev–Trinajstić information content (AvgIpc) is 3.98. The first-order valence-corrected chi connectivity index (χ1v) is 24.4. The Balaban J connectivity index is 0.802. The lowest BCUT2D eigenvalue weighted by molar-refractivity contribution is -0.284. The number of nitrogens with zero attached hydrogens (tertiary/aromatic N) is 4. The average molecular weight is 937 g/mol. The van der Waals surface area contributed by atoms with Crippen LogP contribution in [0.3, 0.4) is 0 Å². The molecule has 5 heterocycles. The normalized spacial score (nSPS) is 17.7. The second kappa shape index (κ2) is 18.4. The summed E-state index contributed by atoms with van der Waals surface area (Å²) in [7, 11) is 0. The SMILES string of the molecule is c1ccc(-n2c3ccncc3c3cc(-c4ccc(C5(c6ccccc6)OCCOC(c6ccccc6)(c6ccc(-c7ccc8c(c7)c7cnccc7n8-c7ccccc7)cc6)OCCO5)cc4)ccc32)cc1. The van der Waals surface area contributed by atoms with E-state index in [0.29, 0.717) is 0 Å². The molecule has 8 aromatic carbocycles. The monoisotopic (exact) mass is 936 g/mol. The maximum absolute atomic E-state index is 6.99. The summed E-state index contributed by atoms with van der Waals surface area (Å²) in [5.74, 6) is -2.46. The lowest BCUT2D eigenvalue weighted by atomic mass is 9.94. The van der Waals surface area contributed by atoms with Crippen LogP contribution in [0.2, 0.25) is 0 Å². The fraction of sp³-hybridized carbons (Fsp3) is 0.0938. The first-order valence-electron chi connectivity index (χ1n) is 24.4. The molecule has 8 nitrogen and oxygen atoms in total. The van der Waals surface area contributed by atoms with E-state index in [2.05, 4.69) is 189 Å². The molecule has 0 N–H and O–H groups in total. The van der Waals surface area contributed by atoms with Gasteiger partial charge in [-0.15, -0.1) is 0 Å². The molecule has 1 saturated heterocycles. The minimum absolute atomic E-state index is 0.217. The molecule has 8 heteroatoms. The molecular weight excluding hydrogens is 889 g/mol. The number of hydrogen-bond donors (Lipinski definition) is 0. The van der Waals surface area contributed by atoms with Crippen LogP contribution in [0.1, 0.15) is 22.3 Å². The van der Waals surface area contributed by atoms with Crippen LogP contribution >= 0.6 is 0 Å². The van der Waals surface area contributed by atoms with Crippen molar-refractivity contribution >= 4 is 43.6 Å². The molecular formula is C64H48N4O4. The zero-order valence-corrected chi connectivity index (χ0v) is 39.3.